The quantitative estimate of drug-likeness (QED) is 0.905. The Bertz CT molecular complexity index is 773. The van der Waals surface area contributed by atoms with Crippen molar-refractivity contribution in [3.63, 3.8) is 0 Å². The number of carbonyl (C=O) groups is 1. The van der Waals surface area contributed by atoms with Crippen molar-refractivity contribution in [1.82, 2.24) is 15.0 Å². The monoisotopic (exact) mass is 359 g/mol. The fraction of sp³-hybridized carbons (Fsp3) is 0.529. The highest BCUT2D eigenvalue weighted by Gasteiger charge is 2.45. The minimum atomic E-state index is -0.541. The molecule has 25 heavy (non-hydrogen) atoms. The number of thiazole rings is 1. The molecule has 2 aromatic heterocycles. The van der Waals surface area contributed by atoms with E-state index in [0.717, 1.165) is 35.8 Å². The first-order chi connectivity index (χ1) is 11.9. The number of carbonyl (C=O) groups excluding carboxylic acids is 1. The van der Waals surface area contributed by atoms with Crippen molar-refractivity contribution in [2.24, 2.45) is 11.8 Å². The van der Waals surface area contributed by atoms with Crippen LogP contribution in [0.25, 0.3) is 10.7 Å². The summed E-state index contributed by atoms with van der Waals surface area (Å²) in [5.74, 6) is 3.11. The highest BCUT2D eigenvalue weighted by Crippen LogP contribution is 2.45. The Kier molecular flexibility index (Phi) is 3.87. The van der Waals surface area contributed by atoms with Gasteiger partial charge in [0, 0.05) is 18.5 Å². The van der Waals surface area contributed by atoms with Crippen LogP contribution in [0.5, 0.6) is 0 Å². The Hall–Kier alpha value is -2.22. The number of aromatic nitrogens is 3. The van der Waals surface area contributed by atoms with Crippen LogP contribution in [0, 0.1) is 11.8 Å². The van der Waals surface area contributed by atoms with Crippen molar-refractivity contribution in [2.45, 2.75) is 32.8 Å². The number of nitrogens with one attached hydrogen (secondary N) is 1. The molecule has 0 radical (unpaired) electrons. The third-order valence-electron chi connectivity index (χ3n) is 4.29. The van der Waals surface area contributed by atoms with E-state index in [2.05, 4.69) is 25.2 Å². The van der Waals surface area contributed by atoms with Crippen LogP contribution in [0.1, 0.15) is 27.2 Å². The molecule has 2 unspecified atom stereocenters. The fourth-order valence-electron chi connectivity index (χ4n) is 3.04. The molecular weight excluding hydrogens is 338 g/mol. The topological polar surface area (TPSA) is 80.2 Å². The number of hydrogen-bond donors (Lipinski definition) is 1. The molecule has 1 saturated carbocycles. The van der Waals surface area contributed by atoms with Gasteiger partial charge in [-0.15, -0.1) is 11.3 Å². The second-order valence-electron chi connectivity index (χ2n) is 7.59. The molecule has 8 heteroatoms. The summed E-state index contributed by atoms with van der Waals surface area (Å²) in [6.45, 7) is 7.65. The fourth-order valence-corrected chi connectivity index (χ4v) is 3.75. The second kappa shape index (κ2) is 5.94. The standard InChI is InChI=1S/C17H21N5O2S/c1-17(2,3)24-16(23)21-13-9-25-15(20-13)12-5-19-14(6-18-12)22-7-10-4-11(10)8-22/h5-6,9-11H,4,7-8H2,1-3H3,(H,21,23). The summed E-state index contributed by atoms with van der Waals surface area (Å²) in [5, 5.41) is 5.12. The Morgan fingerprint density at radius 3 is 2.68 bits per heavy atom. The number of hydrogen-bond acceptors (Lipinski definition) is 7. The van der Waals surface area contributed by atoms with Crippen molar-refractivity contribution in [1.29, 1.82) is 0 Å². The number of fused-ring (bicyclic) bond motifs is 1. The van der Waals surface area contributed by atoms with E-state index in [-0.39, 0.29) is 0 Å². The van der Waals surface area contributed by atoms with Crippen molar-refractivity contribution in [3.05, 3.63) is 17.8 Å². The third-order valence-corrected chi connectivity index (χ3v) is 5.16. The lowest BCUT2D eigenvalue weighted by Gasteiger charge is -2.19. The van der Waals surface area contributed by atoms with Crippen molar-refractivity contribution >= 4 is 29.1 Å². The smallest absolute Gasteiger partial charge is 0.413 e. The molecule has 0 aromatic carbocycles. The number of rotatable bonds is 3. The van der Waals surface area contributed by atoms with Crippen LogP contribution in [-0.4, -0.2) is 39.7 Å². The lowest BCUT2D eigenvalue weighted by atomic mass is 10.2. The lowest BCUT2D eigenvalue weighted by molar-refractivity contribution is 0.0635. The van der Waals surface area contributed by atoms with E-state index in [4.69, 9.17) is 4.74 Å². The van der Waals surface area contributed by atoms with Gasteiger partial charge in [-0.1, -0.05) is 0 Å². The Labute approximate surface area is 150 Å². The summed E-state index contributed by atoms with van der Waals surface area (Å²) in [7, 11) is 0. The third kappa shape index (κ3) is 3.73. The van der Waals surface area contributed by atoms with Crippen LogP contribution in [0.15, 0.2) is 17.8 Å². The van der Waals surface area contributed by atoms with Gasteiger partial charge < -0.3 is 9.64 Å². The van der Waals surface area contributed by atoms with E-state index < -0.39 is 11.7 Å². The molecule has 2 atom stereocenters. The summed E-state index contributed by atoms with van der Waals surface area (Å²) >= 11 is 1.41. The summed E-state index contributed by atoms with van der Waals surface area (Å²) in [4.78, 5) is 27.5. The van der Waals surface area contributed by atoms with E-state index >= 15 is 0 Å². The van der Waals surface area contributed by atoms with Crippen LogP contribution in [0.3, 0.4) is 0 Å². The molecule has 4 rings (SSSR count). The van der Waals surface area contributed by atoms with Crippen LogP contribution < -0.4 is 10.2 Å². The summed E-state index contributed by atoms with van der Waals surface area (Å²) < 4.78 is 5.22. The predicted octanol–water partition coefficient (Wildman–Crippen LogP) is 3.40. The molecule has 2 fully saturated rings. The van der Waals surface area contributed by atoms with Gasteiger partial charge in [0.15, 0.2) is 0 Å². The maximum Gasteiger partial charge on any atom is 0.413 e. The SMILES string of the molecule is CC(C)(C)OC(=O)Nc1csc(-c2cnc(N3CC4CC4C3)cn2)n1. The normalized spacial score (nSPS) is 21.8. The zero-order chi connectivity index (χ0) is 17.6. The summed E-state index contributed by atoms with van der Waals surface area (Å²) in [6, 6.07) is 0. The van der Waals surface area contributed by atoms with Crippen molar-refractivity contribution in [3.8, 4) is 10.7 Å². The molecule has 1 aliphatic heterocycles. The van der Waals surface area contributed by atoms with Gasteiger partial charge in [-0.05, 0) is 39.0 Å². The molecule has 7 nitrogen and oxygen atoms in total. The maximum atomic E-state index is 11.8. The van der Waals surface area contributed by atoms with Crippen LogP contribution >= 0.6 is 11.3 Å². The number of anilines is 2. The van der Waals surface area contributed by atoms with E-state index in [9.17, 15) is 4.79 Å². The van der Waals surface area contributed by atoms with Gasteiger partial charge >= 0.3 is 6.09 Å². The predicted molar refractivity (Wildman–Crippen MR) is 96.8 cm³/mol. The van der Waals surface area contributed by atoms with Crippen molar-refractivity contribution in [2.75, 3.05) is 23.3 Å². The van der Waals surface area contributed by atoms with Gasteiger partial charge in [0.25, 0.3) is 0 Å². The average Bonchev–Trinajstić information content (AvgIpc) is 2.95. The van der Waals surface area contributed by atoms with Gasteiger partial charge in [-0.25, -0.2) is 19.7 Å². The highest BCUT2D eigenvalue weighted by molar-refractivity contribution is 7.13. The first-order valence-corrected chi connectivity index (χ1v) is 9.28. The molecule has 2 aliphatic rings. The van der Waals surface area contributed by atoms with E-state index in [1.54, 1.807) is 11.6 Å². The molecule has 1 amide bonds. The zero-order valence-electron chi connectivity index (χ0n) is 14.5. The van der Waals surface area contributed by atoms with E-state index in [1.165, 1.54) is 17.8 Å². The largest absolute Gasteiger partial charge is 0.444 e. The molecular formula is C17H21N5O2S. The molecule has 1 aliphatic carbocycles. The Balaban J connectivity index is 1.40. The van der Waals surface area contributed by atoms with Gasteiger partial charge in [0.05, 0.1) is 12.4 Å². The molecule has 0 spiro atoms. The molecule has 1 N–H and O–H groups in total. The Morgan fingerprint density at radius 2 is 2.04 bits per heavy atom. The first kappa shape index (κ1) is 16.3. The van der Waals surface area contributed by atoms with Crippen LogP contribution in [0.4, 0.5) is 16.4 Å². The number of amides is 1. The van der Waals surface area contributed by atoms with Gasteiger partial charge in [-0.3, -0.25) is 5.32 Å². The average molecular weight is 359 g/mol. The molecule has 2 aromatic rings. The molecule has 132 valence electrons. The minimum absolute atomic E-state index is 0.458. The van der Waals surface area contributed by atoms with Crippen LogP contribution in [-0.2, 0) is 4.74 Å². The summed E-state index contributed by atoms with van der Waals surface area (Å²) in [5.41, 5.74) is 0.163. The number of piperidine rings is 1. The van der Waals surface area contributed by atoms with E-state index in [0.29, 0.717) is 11.5 Å². The second-order valence-corrected chi connectivity index (χ2v) is 8.44. The lowest BCUT2D eigenvalue weighted by Crippen LogP contribution is -2.27. The van der Waals surface area contributed by atoms with Crippen LogP contribution in [0.2, 0.25) is 0 Å². The summed E-state index contributed by atoms with van der Waals surface area (Å²) in [6.07, 6.45) is 4.41. The highest BCUT2D eigenvalue weighted by atomic mass is 32.1. The first-order valence-electron chi connectivity index (χ1n) is 8.40. The Morgan fingerprint density at radius 1 is 1.28 bits per heavy atom. The van der Waals surface area contributed by atoms with Gasteiger partial charge in [0.2, 0.25) is 0 Å². The molecule has 3 heterocycles. The van der Waals surface area contributed by atoms with E-state index in [1.807, 2.05) is 27.0 Å². The minimum Gasteiger partial charge on any atom is -0.444 e. The number of ether oxygens (including phenoxy) is 1. The maximum absolute atomic E-state index is 11.8. The molecule has 1 saturated heterocycles. The number of nitrogens with zero attached hydrogens (tertiary/aromatic N) is 4. The molecule has 0 bridgehead atoms. The van der Waals surface area contributed by atoms with Crippen molar-refractivity contribution < 1.29 is 9.53 Å². The zero-order valence-corrected chi connectivity index (χ0v) is 15.3. The van der Waals surface area contributed by atoms with Gasteiger partial charge in [0.1, 0.15) is 27.9 Å². The van der Waals surface area contributed by atoms with Gasteiger partial charge in [-0.2, -0.15) is 0 Å².